The molecule has 0 heterocycles. The van der Waals surface area contributed by atoms with Crippen LogP contribution >= 0.6 is 0 Å². The lowest BCUT2D eigenvalue weighted by atomic mass is 10.0. The lowest BCUT2D eigenvalue weighted by Gasteiger charge is -2.34. The number of hydrogen-bond acceptors (Lipinski definition) is 1. The highest BCUT2D eigenvalue weighted by molar-refractivity contribution is 5.50. The lowest BCUT2D eigenvalue weighted by molar-refractivity contribution is 0.574. The Hall–Kier alpha value is -1.50. The lowest BCUT2D eigenvalue weighted by Crippen LogP contribution is -2.37. The third kappa shape index (κ3) is 3.25. The van der Waals surface area contributed by atoms with E-state index >= 15 is 0 Å². The van der Waals surface area contributed by atoms with Crippen molar-refractivity contribution in [2.45, 2.75) is 33.2 Å². The van der Waals surface area contributed by atoms with Gasteiger partial charge in [0, 0.05) is 12.2 Å². The molecule has 1 aliphatic carbocycles. The van der Waals surface area contributed by atoms with Crippen LogP contribution in [0.2, 0.25) is 0 Å². The minimum atomic E-state index is 0.500. The Kier molecular flexibility index (Phi) is 4.24. The summed E-state index contributed by atoms with van der Waals surface area (Å²) in [7, 11) is 0. The maximum Gasteiger partial charge on any atom is 0.0510 e. The monoisotopic (exact) mass is 241 g/mol. The fourth-order valence-electron chi connectivity index (χ4n) is 2.36. The van der Waals surface area contributed by atoms with Crippen molar-refractivity contribution >= 4 is 5.69 Å². The van der Waals surface area contributed by atoms with Gasteiger partial charge in [0.15, 0.2) is 0 Å². The summed E-state index contributed by atoms with van der Waals surface area (Å²) in [4.78, 5) is 2.52. The Balaban J connectivity index is 2.21. The van der Waals surface area contributed by atoms with E-state index in [1.807, 2.05) is 0 Å². The van der Waals surface area contributed by atoms with Crippen molar-refractivity contribution in [2.75, 3.05) is 11.4 Å². The molecule has 0 amide bonds. The fourth-order valence-corrected chi connectivity index (χ4v) is 2.36. The van der Waals surface area contributed by atoms with Crippen LogP contribution in [0.1, 0.15) is 25.8 Å². The molecular weight excluding hydrogens is 218 g/mol. The first-order valence-corrected chi connectivity index (χ1v) is 6.83. The summed E-state index contributed by atoms with van der Waals surface area (Å²) >= 11 is 0. The molecule has 1 aromatic carbocycles. The van der Waals surface area contributed by atoms with Gasteiger partial charge in [0.05, 0.1) is 6.04 Å². The van der Waals surface area contributed by atoms with Gasteiger partial charge < -0.3 is 4.90 Å². The SMILES string of the molecule is Cc1ccc(N(CC(C)C)C2C=CC=CC2)cc1. The Morgan fingerprint density at radius 3 is 2.44 bits per heavy atom. The maximum absolute atomic E-state index is 2.52. The minimum absolute atomic E-state index is 0.500. The molecule has 1 unspecified atom stereocenters. The number of aryl methyl sites for hydroxylation is 1. The molecule has 0 saturated heterocycles. The molecule has 1 aromatic rings. The van der Waals surface area contributed by atoms with Gasteiger partial charge in [-0.15, -0.1) is 0 Å². The van der Waals surface area contributed by atoms with Crippen molar-refractivity contribution in [2.24, 2.45) is 5.92 Å². The molecule has 1 aliphatic rings. The van der Waals surface area contributed by atoms with Crippen LogP contribution in [0.4, 0.5) is 5.69 Å². The number of benzene rings is 1. The van der Waals surface area contributed by atoms with E-state index in [2.05, 4.69) is 74.2 Å². The van der Waals surface area contributed by atoms with E-state index in [9.17, 15) is 0 Å². The number of nitrogens with zero attached hydrogens (tertiary/aromatic N) is 1. The first-order chi connectivity index (χ1) is 8.66. The van der Waals surface area contributed by atoms with Gasteiger partial charge >= 0.3 is 0 Å². The third-order valence-electron chi connectivity index (χ3n) is 3.29. The van der Waals surface area contributed by atoms with Crippen LogP contribution in [-0.4, -0.2) is 12.6 Å². The molecule has 0 saturated carbocycles. The van der Waals surface area contributed by atoms with Gasteiger partial charge in [-0.05, 0) is 31.4 Å². The minimum Gasteiger partial charge on any atom is -0.365 e. The average molecular weight is 241 g/mol. The molecule has 0 N–H and O–H groups in total. The molecule has 1 atom stereocenters. The van der Waals surface area contributed by atoms with Gasteiger partial charge in [-0.25, -0.2) is 0 Å². The summed E-state index contributed by atoms with van der Waals surface area (Å²) in [5.41, 5.74) is 2.65. The molecule has 0 aliphatic heterocycles. The summed E-state index contributed by atoms with van der Waals surface area (Å²) in [6.07, 6.45) is 9.97. The van der Waals surface area contributed by atoms with Gasteiger partial charge in [-0.3, -0.25) is 0 Å². The van der Waals surface area contributed by atoms with Gasteiger partial charge in [-0.2, -0.15) is 0 Å². The molecule has 1 heteroatoms. The second-order valence-electron chi connectivity index (χ2n) is 5.50. The van der Waals surface area contributed by atoms with Gasteiger partial charge in [0.2, 0.25) is 0 Å². The highest BCUT2D eigenvalue weighted by atomic mass is 15.2. The molecule has 0 fully saturated rings. The van der Waals surface area contributed by atoms with Crippen LogP contribution in [0.3, 0.4) is 0 Å². The van der Waals surface area contributed by atoms with Crippen molar-refractivity contribution < 1.29 is 0 Å². The molecule has 18 heavy (non-hydrogen) atoms. The summed E-state index contributed by atoms with van der Waals surface area (Å²) < 4.78 is 0. The van der Waals surface area contributed by atoms with Crippen LogP contribution in [0.5, 0.6) is 0 Å². The standard InChI is InChI=1S/C17H23N/c1-14(2)13-18(16-7-5-4-6-8-16)17-11-9-15(3)10-12-17/h4-7,9-12,14,16H,8,13H2,1-3H3. The molecule has 2 rings (SSSR count). The highest BCUT2D eigenvalue weighted by Gasteiger charge is 2.17. The molecule has 0 spiro atoms. The first kappa shape index (κ1) is 12.9. The van der Waals surface area contributed by atoms with Gasteiger partial charge in [-0.1, -0.05) is 55.8 Å². The summed E-state index contributed by atoms with van der Waals surface area (Å²) in [6, 6.07) is 9.38. The van der Waals surface area contributed by atoms with Crippen LogP contribution in [-0.2, 0) is 0 Å². The van der Waals surface area contributed by atoms with Crippen molar-refractivity contribution in [3.05, 3.63) is 54.1 Å². The summed E-state index contributed by atoms with van der Waals surface area (Å²) in [5, 5.41) is 0. The van der Waals surface area contributed by atoms with E-state index in [-0.39, 0.29) is 0 Å². The number of rotatable bonds is 4. The molecule has 0 aromatic heterocycles. The predicted octanol–water partition coefficient (Wildman–Crippen LogP) is 4.34. The summed E-state index contributed by atoms with van der Waals surface area (Å²) in [6.45, 7) is 7.80. The summed E-state index contributed by atoms with van der Waals surface area (Å²) in [5.74, 6) is 0.672. The second kappa shape index (κ2) is 5.90. The third-order valence-corrected chi connectivity index (χ3v) is 3.29. The van der Waals surface area contributed by atoms with Crippen molar-refractivity contribution in [1.82, 2.24) is 0 Å². The molecule has 96 valence electrons. The van der Waals surface area contributed by atoms with Gasteiger partial charge in [0.1, 0.15) is 0 Å². The topological polar surface area (TPSA) is 3.24 Å². The molecule has 0 radical (unpaired) electrons. The van der Waals surface area contributed by atoms with Crippen molar-refractivity contribution in [3.63, 3.8) is 0 Å². The number of hydrogen-bond donors (Lipinski definition) is 0. The zero-order valence-electron chi connectivity index (χ0n) is 11.6. The maximum atomic E-state index is 2.52. The fraction of sp³-hybridized carbons (Fsp3) is 0.412. The first-order valence-electron chi connectivity index (χ1n) is 6.83. The van der Waals surface area contributed by atoms with Crippen molar-refractivity contribution in [1.29, 1.82) is 0 Å². The van der Waals surface area contributed by atoms with Crippen molar-refractivity contribution in [3.8, 4) is 0 Å². The molecule has 0 bridgehead atoms. The van der Waals surface area contributed by atoms with E-state index in [4.69, 9.17) is 0 Å². The van der Waals surface area contributed by atoms with Crippen LogP contribution in [0.25, 0.3) is 0 Å². The Morgan fingerprint density at radius 1 is 1.17 bits per heavy atom. The van der Waals surface area contributed by atoms with E-state index < -0.39 is 0 Å². The normalized spacial score (nSPS) is 18.3. The Labute approximate surface area is 111 Å². The second-order valence-corrected chi connectivity index (χ2v) is 5.50. The predicted molar refractivity (Wildman–Crippen MR) is 80.0 cm³/mol. The Morgan fingerprint density at radius 2 is 1.89 bits per heavy atom. The smallest absolute Gasteiger partial charge is 0.0510 e. The van der Waals surface area contributed by atoms with Crippen LogP contribution in [0.15, 0.2) is 48.6 Å². The highest BCUT2D eigenvalue weighted by Crippen LogP contribution is 2.23. The molecular formula is C17H23N. The van der Waals surface area contributed by atoms with Crippen LogP contribution in [0, 0.1) is 12.8 Å². The molecule has 1 nitrogen and oxygen atoms in total. The van der Waals surface area contributed by atoms with Crippen LogP contribution < -0.4 is 4.90 Å². The van der Waals surface area contributed by atoms with E-state index in [1.165, 1.54) is 11.3 Å². The van der Waals surface area contributed by atoms with E-state index in [1.54, 1.807) is 0 Å². The largest absolute Gasteiger partial charge is 0.365 e. The number of allylic oxidation sites excluding steroid dienone is 2. The average Bonchev–Trinajstić information content (AvgIpc) is 2.38. The zero-order chi connectivity index (χ0) is 13.0. The quantitative estimate of drug-likeness (QED) is 0.758. The van der Waals surface area contributed by atoms with E-state index in [0.29, 0.717) is 12.0 Å². The zero-order valence-corrected chi connectivity index (χ0v) is 11.6. The Bertz CT molecular complexity index is 425. The van der Waals surface area contributed by atoms with E-state index in [0.717, 1.165) is 13.0 Å². The number of anilines is 1. The van der Waals surface area contributed by atoms with Gasteiger partial charge in [0.25, 0.3) is 0 Å².